The molecule has 1 atom stereocenters. The highest BCUT2D eigenvalue weighted by Gasteiger charge is 2.08. The molecule has 4 N–H and O–H groups in total. The summed E-state index contributed by atoms with van der Waals surface area (Å²) in [5.41, 5.74) is 9.11. The number of aryl methyl sites for hydroxylation is 1. The van der Waals surface area contributed by atoms with E-state index in [0.29, 0.717) is 5.69 Å². The molecule has 0 aliphatic carbocycles. The zero-order valence-electron chi connectivity index (χ0n) is 12.5. The lowest BCUT2D eigenvalue weighted by Gasteiger charge is -2.16. The van der Waals surface area contributed by atoms with Crippen LogP contribution in [0, 0.1) is 6.92 Å². The van der Waals surface area contributed by atoms with E-state index in [1.54, 1.807) is 0 Å². The number of rotatable bonds is 4. The van der Waals surface area contributed by atoms with Gasteiger partial charge < -0.3 is 16.4 Å². The van der Waals surface area contributed by atoms with E-state index >= 15 is 0 Å². The molecule has 0 saturated carbocycles. The lowest BCUT2D eigenvalue weighted by molar-refractivity contribution is -0.114. The Balaban J connectivity index is 2.14. The first-order valence-corrected chi connectivity index (χ1v) is 6.83. The molecule has 0 spiro atoms. The summed E-state index contributed by atoms with van der Waals surface area (Å²) in [6.45, 7) is 5.41. The number of carbonyl (C=O) groups excluding carboxylic acids is 1. The van der Waals surface area contributed by atoms with Crippen LogP contribution in [-0.4, -0.2) is 10.9 Å². The van der Waals surface area contributed by atoms with Gasteiger partial charge in [-0.2, -0.15) is 0 Å². The topological polar surface area (TPSA) is 80.0 Å². The van der Waals surface area contributed by atoms with Crippen LogP contribution in [0.2, 0.25) is 0 Å². The molecule has 1 aromatic heterocycles. The number of hydrogen-bond donors (Lipinski definition) is 3. The van der Waals surface area contributed by atoms with Crippen LogP contribution in [0.3, 0.4) is 0 Å². The number of nitrogens with one attached hydrogen (secondary N) is 2. The number of nitrogens with zero attached hydrogens (tertiary/aromatic N) is 1. The number of carbonyl (C=O) groups is 1. The van der Waals surface area contributed by atoms with Crippen molar-refractivity contribution in [3.63, 3.8) is 0 Å². The third kappa shape index (κ3) is 3.95. The fourth-order valence-electron chi connectivity index (χ4n) is 2.05. The molecule has 5 nitrogen and oxygen atoms in total. The Morgan fingerprint density at radius 1 is 1.29 bits per heavy atom. The molecule has 1 unspecified atom stereocenters. The fraction of sp³-hybridized carbons (Fsp3) is 0.250. The largest absolute Gasteiger partial charge is 0.397 e. The minimum absolute atomic E-state index is 0.0641. The third-order valence-electron chi connectivity index (χ3n) is 3.20. The Labute approximate surface area is 124 Å². The van der Waals surface area contributed by atoms with Gasteiger partial charge in [-0.25, -0.2) is 4.98 Å². The summed E-state index contributed by atoms with van der Waals surface area (Å²) in [4.78, 5) is 15.5. The Kier molecular flexibility index (Phi) is 4.42. The van der Waals surface area contributed by atoms with Crippen LogP contribution < -0.4 is 16.4 Å². The summed E-state index contributed by atoms with van der Waals surface area (Å²) < 4.78 is 0. The molecular formula is C16H20N4O. The van der Waals surface area contributed by atoms with Crippen LogP contribution in [0.4, 0.5) is 17.2 Å². The van der Waals surface area contributed by atoms with E-state index in [1.165, 1.54) is 6.92 Å². The average Bonchev–Trinajstić information content (AvgIpc) is 2.42. The van der Waals surface area contributed by atoms with Crippen LogP contribution in [0.15, 0.2) is 36.4 Å². The van der Waals surface area contributed by atoms with Crippen molar-refractivity contribution in [1.29, 1.82) is 0 Å². The number of nitrogen functional groups attached to an aromatic ring is 1. The maximum Gasteiger partial charge on any atom is 0.221 e. The molecule has 0 aliphatic heterocycles. The van der Waals surface area contributed by atoms with Gasteiger partial charge in [0.15, 0.2) is 0 Å². The van der Waals surface area contributed by atoms with Gasteiger partial charge in [0, 0.05) is 12.6 Å². The van der Waals surface area contributed by atoms with Crippen LogP contribution in [0.1, 0.15) is 31.1 Å². The van der Waals surface area contributed by atoms with Crippen molar-refractivity contribution >= 4 is 23.1 Å². The quantitative estimate of drug-likeness (QED) is 0.806. The van der Waals surface area contributed by atoms with Crippen LogP contribution in [0.5, 0.6) is 0 Å². The van der Waals surface area contributed by atoms with Crippen molar-refractivity contribution in [2.45, 2.75) is 26.8 Å². The monoisotopic (exact) mass is 284 g/mol. The summed E-state index contributed by atoms with van der Waals surface area (Å²) in [5, 5.41) is 6.11. The minimum atomic E-state index is -0.0800. The Morgan fingerprint density at radius 2 is 2.05 bits per heavy atom. The summed E-state index contributed by atoms with van der Waals surface area (Å²) in [6, 6.07) is 11.5. The molecule has 0 saturated heterocycles. The van der Waals surface area contributed by atoms with Gasteiger partial charge in [-0.15, -0.1) is 0 Å². The number of nitrogens with two attached hydrogens (primary N) is 1. The number of benzene rings is 1. The molecule has 21 heavy (non-hydrogen) atoms. The first-order chi connectivity index (χ1) is 9.95. The van der Waals surface area contributed by atoms with Gasteiger partial charge in [-0.05, 0) is 43.7 Å². The van der Waals surface area contributed by atoms with Gasteiger partial charge >= 0.3 is 0 Å². The Morgan fingerprint density at radius 3 is 2.71 bits per heavy atom. The molecule has 1 aromatic carbocycles. The molecule has 5 heteroatoms. The van der Waals surface area contributed by atoms with Crippen molar-refractivity contribution in [3.8, 4) is 0 Å². The average molecular weight is 284 g/mol. The number of pyridine rings is 1. The van der Waals surface area contributed by atoms with Gasteiger partial charge in [0.1, 0.15) is 5.82 Å². The number of amides is 1. The molecule has 1 heterocycles. The maximum absolute atomic E-state index is 11.1. The lowest BCUT2D eigenvalue weighted by atomic mass is 10.1. The molecule has 0 aliphatic rings. The van der Waals surface area contributed by atoms with E-state index in [-0.39, 0.29) is 11.9 Å². The highest BCUT2D eigenvalue weighted by atomic mass is 16.1. The van der Waals surface area contributed by atoms with E-state index in [1.807, 2.05) is 50.2 Å². The summed E-state index contributed by atoms with van der Waals surface area (Å²) in [6.07, 6.45) is 0. The zero-order valence-corrected chi connectivity index (χ0v) is 12.5. The van der Waals surface area contributed by atoms with E-state index in [4.69, 9.17) is 5.73 Å². The van der Waals surface area contributed by atoms with Crippen molar-refractivity contribution in [3.05, 3.63) is 47.7 Å². The van der Waals surface area contributed by atoms with Gasteiger partial charge in [0.05, 0.1) is 17.4 Å². The summed E-state index contributed by atoms with van der Waals surface area (Å²) in [5.74, 6) is 0.697. The molecular weight excluding hydrogens is 264 g/mol. The zero-order chi connectivity index (χ0) is 15.4. The van der Waals surface area contributed by atoms with Crippen LogP contribution in [0.25, 0.3) is 0 Å². The standard InChI is InChI=1S/C16H20N4O/c1-10(18-16-8-7-15(17)11(2)19-16)13-5-4-6-14(9-13)20-12(3)21/h4-10H,17H2,1-3H3,(H,18,19)(H,20,21). The molecule has 0 radical (unpaired) electrons. The highest BCUT2D eigenvalue weighted by Crippen LogP contribution is 2.22. The summed E-state index contributed by atoms with van der Waals surface area (Å²) >= 11 is 0. The smallest absolute Gasteiger partial charge is 0.221 e. The van der Waals surface area contributed by atoms with Gasteiger partial charge in [0.2, 0.25) is 5.91 Å². The first-order valence-electron chi connectivity index (χ1n) is 6.83. The van der Waals surface area contributed by atoms with Crippen LogP contribution >= 0.6 is 0 Å². The predicted octanol–water partition coefficient (Wildman–Crippen LogP) is 3.10. The van der Waals surface area contributed by atoms with Crippen LogP contribution in [-0.2, 0) is 4.79 Å². The Bertz CT molecular complexity index is 654. The number of hydrogen-bond acceptors (Lipinski definition) is 4. The van der Waals surface area contributed by atoms with E-state index in [0.717, 1.165) is 22.8 Å². The van der Waals surface area contributed by atoms with Crippen molar-refractivity contribution < 1.29 is 4.79 Å². The maximum atomic E-state index is 11.1. The minimum Gasteiger partial charge on any atom is -0.397 e. The van der Waals surface area contributed by atoms with Crippen molar-refractivity contribution in [2.75, 3.05) is 16.4 Å². The third-order valence-corrected chi connectivity index (χ3v) is 3.20. The van der Waals surface area contributed by atoms with E-state index < -0.39 is 0 Å². The normalized spacial score (nSPS) is 11.8. The second-order valence-electron chi connectivity index (χ2n) is 5.04. The molecule has 0 fully saturated rings. The Hall–Kier alpha value is -2.56. The molecule has 110 valence electrons. The van der Waals surface area contributed by atoms with Crippen molar-refractivity contribution in [2.24, 2.45) is 0 Å². The molecule has 1 amide bonds. The summed E-state index contributed by atoms with van der Waals surface area (Å²) in [7, 11) is 0. The number of aromatic nitrogens is 1. The predicted molar refractivity (Wildman–Crippen MR) is 86.2 cm³/mol. The van der Waals surface area contributed by atoms with Crippen molar-refractivity contribution in [1.82, 2.24) is 4.98 Å². The molecule has 0 bridgehead atoms. The van der Waals surface area contributed by atoms with Gasteiger partial charge in [0.25, 0.3) is 0 Å². The van der Waals surface area contributed by atoms with E-state index in [2.05, 4.69) is 15.6 Å². The van der Waals surface area contributed by atoms with Gasteiger partial charge in [-0.3, -0.25) is 4.79 Å². The second-order valence-corrected chi connectivity index (χ2v) is 5.04. The fourth-order valence-corrected chi connectivity index (χ4v) is 2.05. The lowest BCUT2D eigenvalue weighted by Crippen LogP contribution is -2.10. The molecule has 2 aromatic rings. The second kappa shape index (κ2) is 6.26. The SMILES string of the molecule is CC(=O)Nc1cccc(C(C)Nc2ccc(N)c(C)n2)c1. The first kappa shape index (κ1) is 14.8. The molecule has 2 rings (SSSR count). The highest BCUT2D eigenvalue weighted by molar-refractivity contribution is 5.88. The van der Waals surface area contributed by atoms with Gasteiger partial charge in [-0.1, -0.05) is 12.1 Å². The number of anilines is 3. The van der Waals surface area contributed by atoms with E-state index in [9.17, 15) is 4.79 Å².